The van der Waals surface area contributed by atoms with Gasteiger partial charge < -0.3 is 19.9 Å². The van der Waals surface area contributed by atoms with Crippen LogP contribution in [0.5, 0.6) is 5.75 Å². The van der Waals surface area contributed by atoms with Gasteiger partial charge in [-0.25, -0.2) is 4.79 Å². The van der Waals surface area contributed by atoms with E-state index in [0.717, 1.165) is 33.2 Å². The number of ether oxygens (including phenoxy) is 1. The molecule has 0 aliphatic carbocycles. The normalized spacial score (nSPS) is 18.3. The minimum Gasteiger partial charge on any atom is -0.497 e. The summed E-state index contributed by atoms with van der Waals surface area (Å²) in [6, 6.07) is 30.7. The topological polar surface area (TPSA) is 85.4 Å². The van der Waals surface area contributed by atoms with E-state index in [-0.39, 0.29) is 24.4 Å². The molecule has 0 aromatic heterocycles. The Labute approximate surface area is 263 Å². The van der Waals surface area contributed by atoms with E-state index in [2.05, 4.69) is 29.6 Å². The molecular formula is C36H39N5O4. The monoisotopic (exact) mass is 605 g/mol. The summed E-state index contributed by atoms with van der Waals surface area (Å²) in [5.41, 5.74) is 2.96. The highest BCUT2D eigenvalue weighted by molar-refractivity contribution is 5.92. The number of carbonyl (C=O) groups excluding carboxylic acids is 3. The Kier molecular flexibility index (Phi) is 8.98. The van der Waals surface area contributed by atoms with Crippen LogP contribution >= 0.6 is 0 Å². The van der Waals surface area contributed by atoms with Crippen molar-refractivity contribution in [2.75, 3.05) is 26.7 Å². The summed E-state index contributed by atoms with van der Waals surface area (Å²) in [4.78, 5) is 45.2. The summed E-state index contributed by atoms with van der Waals surface area (Å²) in [5.74, 6) is 0.471. The van der Waals surface area contributed by atoms with Crippen LogP contribution in [0.4, 0.5) is 4.79 Å². The third-order valence-electron chi connectivity index (χ3n) is 8.66. The van der Waals surface area contributed by atoms with Gasteiger partial charge in [0, 0.05) is 26.1 Å². The molecule has 2 aliphatic heterocycles. The summed E-state index contributed by atoms with van der Waals surface area (Å²) in [6.07, 6.45) is 0.589. The zero-order chi connectivity index (χ0) is 31.3. The van der Waals surface area contributed by atoms with Gasteiger partial charge in [0.25, 0.3) is 0 Å². The first kappa shape index (κ1) is 30.1. The highest BCUT2D eigenvalue weighted by atomic mass is 16.5. The van der Waals surface area contributed by atoms with E-state index in [0.29, 0.717) is 39.0 Å². The zero-order valence-electron chi connectivity index (χ0n) is 25.8. The largest absolute Gasteiger partial charge is 0.497 e. The molecule has 2 heterocycles. The van der Waals surface area contributed by atoms with E-state index in [1.807, 2.05) is 89.6 Å². The predicted molar refractivity (Wildman–Crippen MR) is 173 cm³/mol. The molecule has 232 valence electrons. The molecule has 4 amide bonds. The maximum atomic E-state index is 14.3. The molecule has 6 rings (SSSR count). The third-order valence-corrected chi connectivity index (χ3v) is 8.66. The van der Waals surface area contributed by atoms with Crippen LogP contribution in [0.3, 0.4) is 0 Å². The minimum absolute atomic E-state index is 0.0257. The van der Waals surface area contributed by atoms with E-state index < -0.39 is 12.2 Å². The fourth-order valence-electron chi connectivity index (χ4n) is 6.43. The summed E-state index contributed by atoms with van der Waals surface area (Å²) < 4.78 is 5.33. The average molecular weight is 606 g/mol. The van der Waals surface area contributed by atoms with Gasteiger partial charge >= 0.3 is 6.03 Å². The number of nitrogens with one attached hydrogen (secondary N) is 1. The van der Waals surface area contributed by atoms with Gasteiger partial charge in [-0.3, -0.25) is 14.6 Å². The molecule has 4 aromatic rings. The Morgan fingerprint density at radius 1 is 0.911 bits per heavy atom. The lowest BCUT2D eigenvalue weighted by Crippen LogP contribution is -2.66. The predicted octanol–water partition coefficient (Wildman–Crippen LogP) is 4.81. The first-order chi connectivity index (χ1) is 22.0. The van der Waals surface area contributed by atoms with Crippen molar-refractivity contribution in [2.24, 2.45) is 0 Å². The van der Waals surface area contributed by atoms with Crippen molar-refractivity contribution in [3.05, 3.63) is 114 Å². The molecule has 45 heavy (non-hydrogen) atoms. The number of hydrogen-bond donors (Lipinski definition) is 1. The Bertz CT molecular complexity index is 1660. The van der Waals surface area contributed by atoms with Gasteiger partial charge in [-0.2, -0.15) is 5.01 Å². The minimum atomic E-state index is -0.708. The number of urea groups is 1. The molecule has 9 heteroatoms. The van der Waals surface area contributed by atoms with Gasteiger partial charge in [0.2, 0.25) is 11.8 Å². The molecule has 9 nitrogen and oxygen atoms in total. The molecule has 2 aliphatic rings. The fourth-order valence-corrected chi connectivity index (χ4v) is 6.43. The Balaban J connectivity index is 1.31. The van der Waals surface area contributed by atoms with Gasteiger partial charge in [-0.05, 0) is 46.0 Å². The Morgan fingerprint density at radius 3 is 2.40 bits per heavy atom. The molecule has 0 bridgehead atoms. The Hall–Kier alpha value is -4.89. The van der Waals surface area contributed by atoms with Crippen molar-refractivity contribution < 1.29 is 19.1 Å². The molecule has 2 fully saturated rings. The van der Waals surface area contributed by atoms with Crippen LogP contribution in [0.2, 0.25) is 0 Å². The standard InChI is InChI=1S/C36H39N5O4/c1-3-20-39(36(44)37-22-27-10-5-4-6-11-27)40-25-34(42)41-32(21-26-16-18-30(45-2)19-17-26)35(43)38(24-33(40)41)23-29-14-9-13-28-12-7-8-15-31(28)29/h4-19,32-33H,3,20-25H2,1-2H3,(H,37,44)/t32-,33+/m0/s1. The first-order valence-electron chi connectivity index (χ1n) is 15.5. The molecule has 0 spiro atoms. The number of carbonyl (C=O) groups is 3. The number of hydrazine groups is 1. The summed E-state index contributed by atoms with van der Waals surface area (Å²) in [7, 11) is 1.62. The lowest BCUT2D eigenvalue weighted by molar-refractivity contribution is -0.157. The molecule has 2 atom stereocenters. The second-order valence-electron chi connectivity index (χ2n) is 11.6. The van der Waals surface area contributed by atoms with Crippen molar-refractivity contribution in [1.82, 2.24) is 25.1 Å². The van der Waals surface area contributed by atoms with Crippen molar-refractivity contribution in [3.8, 4) is 5.75 Å². The Morgan fingerprint density at radius 2 is 1.64 bits per heavy atom. The summed E-state index contributed by atoms with van der Waals surface area (Å²) >= 11 is 0. The first-order valence-corrected chi connectivity index (χ1v) is 15.5. The molecule has 1 N–H and O–H groups in total. The van der Waals surface area contributed by atoms with Gasteiger partial charge in [0.1, 0.15) is 18.0 Å². The van der Waals surface area contributed by atoms with Crippen LogP contribution in [-0.4, -0.2) is 76.6 Å². The van der Waals surface area contributed by atoms with E-state index in [1.54, 1.807) is 17.0 Å². The number of fused-ring (bicyclic) bond motifs is 2. The molecule has 0 radical (unpaired) electrons. The van der Waals surface area contributed by atoms with Crippen LogP contribution in [0, 0.1) is 0 Å². The highest BCUT2D eigenvalue weighted by Gasteiger charge is 2.52. The molecule has 2 saturated heterocycles. The second kappa shape index (κ2) is 13.4. The van der Waals surface area contributed by atoms with E-state index >= 15 is 0 Å². The number of rotatable bonds is 10. The van der Waals surface area contributed by atoms with Crippen LogP contribution in [-0.2, 0) is 29.1 Å². The fraction of sp³-hybridized carbons (Fsp3) is 0.306. The lowest BCUT2D eigenvalue weighted by atomic mass is 9.99. The third kappa shape index (κ3) is 6.35. The van der Waals surface area contributed by atoms with Crippen molar-refractivity contribution in [2.45, 2.75) is 45.1 Å². The van der Waals surface area contributed by atoms with E-state index in [4.69, 9.17) is 4.74 Å². The number of benzene rings is 4. The van der Waals surface area contributed by atoms with Crippen LogP contribution < -0.4 is 10.1 Å². The van der Waals surface area contributed by atoms with E-state index in [1.165, 1.54) is 0 Å². The summed E-state index contributed by atoms with van der Waals surface area (Å²) in [6.45, 7) is 3.55. The SMILES string of the molecule is CCCN(C(=O)NCc1ccccc1)N1CC(=O)N2[C@@H](Cc3ccc(OC)cc3)C(=O)N(Cc3cccc4ccccc34)C[C@@H]21. The maximum absolute atomic E-state index is 14.3. The van der Waals surface area contributed by atoms with Crippen molar-refractivity contribution in [1.29, 1.82) is 0 Å². The number of piperazine rings is 1. The number of hydrogen-bond acceptors (Lipinski definition) is 5. The average Bonchev–Trinajstić information content (AvgIpc) is 3.40. The van der Waals surface area contributed by atoms with Crippen molar-refractivity contribution in [3.63, 3.8) is 0 Å². The van der Waals surface area contributed by atoms with Crippen LogP contribution in [0.15, 0.2) is 97.1 Å². The lowest BCUT2D eigenvalue weighted by Gasteiger charge is -2.46. The van der Waals surface area contributed by atoms with Crippen LogP contribution in [0.25, 0.3) is 10.8 Å². The molecule has 0 saturated carbocycles. The van der Waals surface area contributed by atoms with Gasteiger partial charge in [-0.1, -0.05) is 91.9 Å². The van der Waals surface area contributed by atoms with E-state index in [9.17, 15) is 14.4 Å². The zero-order valence-corrected chi connectivity index (χ0v) is 25.8. The summed E-state index contributed by atoms with van der Waals surface area (Å²) in [5, 5.41) is 8.75. The van der Waals surface area contributed by atoms with Crippen molar-refractivity contribution >= 4 is 28.6 Å². The molecular weight excluding hydrogens is 566 g/mol. The smallest absolute Gasteiger partial charge is 0.332 e. The highest BCUT2D eigenvalue weighted by Crippen LogP contribution is 2.31. The number of nitrogens with zero attached hydrogens (tertiary/aromatic N) is 4. The van der Waals surface area contributed by atoms with Gasteiger partial charge in [0.15, 0.2) is 0 Å². The van der Waals surface area contributed by atoms with Gasteiger partial charge in [-0.15, -0.1) is 0 Å². The van der Waals surface area contributed by atoms with Gasteiger partial charge in [0.05, 0.1) is 20.2 Å². The van der Waals surface area contributed by atoms with Crippen LogP contribution in [0.1, 0.15) is 30.0 Å². The second-order valence-corrected chi connectivity index (χ2v) is 11.6. The quantitative estimate of drug-likeness (QED) is 0.281. The molecule has 0 unspecified atom stereocenters. The molecule has 4 aromatic carbocycles. The number of amides is 4. The number of methoxy groups -OCH3 is 1. The maximum Gasteiger partial charge on any atom is 0.332 e.